The van der Waals surface area contributed by atoms with Crippen LogP contribution in [0.3, 0.4) is 0 Å². The Kier molecular flexibility index (Phi) is 3.63. The van der Waals surface area contributed by atoms with Gasteiger partial charge in [-0.15, -0.1) is 11.3 Å². The van der Waals surface area contributed by atoms with Crippen molar-refractivity contribution in [1.82, 2.24) is 14.9 Å². The Labute approximate surface area is 116 Å². The van der Waals surface area contributed by atoms with Crippen LogP contribution in [-0.4, -0.2) is 40.7 Å². The second kappa shape index (κ2) is 5.40. The molecule has 2 aromatic rings. The third kappa shape index (κ3) is 2.56. The van der Waals surface area contributed by atoms with Gasteiger partial charge in [-0.1, -0.05) is 6.92 Å². The normalized spacial score (nSPS) is 21.0. The van der Waals surface area contributed by atoms with Crippen molar-refractivity contribution in [3.63, 3.8) is 0 Å². The first-order chi connectivity index (χ1) is 9.28. The molecule has 1 aliphatic heterocycles. The fourth-order valence-electron chi connectivity index (χ4n) is 2.45. The summed E-state index contributed by atoms with van der Waals surface area (Å²) < 4.78 is 5.52. The molecule has 1 aliphatic rings. The van der Waals surface area contributed by atoms with Crippen LogP contribution in [0.5, 0.6) is 0 Å². The molecule has 1 fully saturated rings. The number of nitrogens with zero attached hydrogens (tertiary/aromatic N) is 3. The van der Waals surface area contributed by atoms with Crippen LogP contribution in [0.2, 0.25) is 0 Å². The van der Waals surface area contributed by atoms with Crippen LogP contribution in [0.1, 0.15) is 19.2 Å². The molecule has 3 heterocycles. The molecular weight excluding hydrogens is 260 g/mol. The Bertz CT molecular complexity index is 571. The molecule has 0 spiro atoms. The number of nitrogens with two attached hydrogens (primary N) is 1. The van der Waals surface area contributed by atoms with Crippen LogP contribution in [-0.2, 0) is 11.3 Å². The third-order valence-electron chi connectivity index (χ3n) is 3.57. The second-order valence-electron chi connectivity index (χ2n) is 4.77. The summed E-state index contributed by atoms with van der Waals surface area (Å²) in [4.78, 5) is 12.4. The number of hydrogen-bond donors (Lipinski definition) is 1. The van der Waals surface area contributed by atoms with Gasteiger partial charge in [-0.25, -0.2) is 9.97 Å². The summed E-state index contributed by atoms with van der Waals surface area (Å²) in [6.45, 7) is 5.45. The molecule has 1 saturated heterocycles. The van der Waals surface area contributed by atoms with Crippen molar-refractivity contribution in [2.45, 2.75) is 25.9 Å². The third-order valence-corrected chi connectivity index (χ3v) is 4.37. The zero-order chi connectivity index (χ0) is 13.2. The van der Waals surface area contributed by atoms with E-state index in [-0.39, 0.29) is 0 Å². The molecule has 0 radical (unpaired) electrons. The van der Waals surface area contributed by atoms with E-state index in [2.05, 4.69) is 21.8 Å². The molecule has 102 valence electrons. The SMILES string of the molecule is CCC1COCCN1Cc1nc(N)c2ccsc2n1. The average molecular weight is 278 g/mol. The van der Waals surface area contributed by atoms with Gasteiger partial charge in [0.1, 0.15) is 16.5 Å². The lowest BCUT2D eigenvalue weighted by Gasteiger charge is -2.34. The van der Waals surface area contributed by atoms with Crippen molar-refractivity contribution < 1.29 is 4.74 Å². The number of nitrogen functional groups attached to an aromatic ring is 1. The Morgan fingerprint density at radius 1 is 1.53 bits per heavy atom. The summed E-state index contributed by atoms with van der Waals surface area (Å²) in [5.41, 5.74) is 5.99. The van der Waals surface area contributed by atoms with Crippen LogP contribution in [0.4, 0.5) is 5.82 Å². The Morgan fingerprint density at radius 2 is 2.42 bits per heavy atom. The zero-order valence-corrected chi connectivity index (χ0v) is 11.8. The van der Waals surface area contributed by atoms with Gasteiger partial charge in [0.25, 0.3) is 0 Å². The number of ether oxygens (including phenoxy) is 1. The van der Waals surface area contributed by atoms with E-state index >= 15 is 0 Å². The van der Waals surface area contributed by atoms with Crippen LogP contribution in [0, 0.1) is 0 Å². The molecule has 2 N–H and O–H groups in total. The summed E-state index contributed by atoms with van der Waals surface area (Å²) in [5, 5.41) is 2.96. The highest BCUT2D eigenvalue weighted by Gasteiger charge is 2.22. The molecule has 2 aromatic heterocycles. The van der Waals surface area contributed by atoms with Gasteiger partial charge in [-0.2, -0.15) is 0 Å². The summed E-state index contributed by atoms with van der Waals surface area (Å²) >= 11 is 1.61. The van der Waals surface area contributed by atoms with Crippen molar-refractivity contribution >= 4 is 27.4 Å². The van der Waals surface area contributed by atoms with E-state index in [1.54, 1.807) is 11.3 Å². The van der Waals surface area contributed by atoms with Crippen LogP contribution in [0.15, 0.2) is 11.4 Å². The maximum atomic E-state index is 5.99. The predicted octanol–water partition coefficient (Wildman–Crippen LogP) is 1.88. The molecule has 0 bridgehead atoms. The number of hydrogen-bond acceptors (Lipinski definition) is 6. The van der Waals surface area contributed by atoms with Crippen molar-refractivity contribution in [2.24, 2.45) is 0 Å². The molecule has 5 nitrogen and oxygen atoms in total. The largest absolute Gasteiger partial charge is 0.383 e. The van der Waals surface area contributed by atoms with Crippen molar-refractivity contribution in [2.75, 3.05) is 25.5 Å². The van der Waals surface area contributed by atoms with Gasteiger partial charge in [0.2, 0.25) is 0 Å². The summed E-state index contributed by atoms with van der Waals surface area (Å²) in [7, 11) is 0. The summed E-state index contributed by atoms with van der Waals surface area (Å²) in [6, 6.07) is 2.43. The highest BCUT2D eigenvalue weighted by Crippen LogP contribution is 2.23. The van der Waals surface area contributed by atoms with E-state index in [4.69, 9.17) is 10.5 Å². The minimum absolute atomic E-state index is 0.456. The number of rotatable bonds is 3. The van der Waals surface area contributed by atoms with Gasteiger partial charge in [0.05, 0.1) is 25.1 Å². The number of anilines is 1. The Balaban J connectivity index is 1.83. The van der Waals surface area contributed by atoms with E-state index in [0.717, 1.165) is 48.8 Å². The van der Waals surface area contributed by atoms with E-state index in [0.29, 0.717) is 11.9 Å². The van der Waals surface area contributed by atoms with Gasteiger partial charge < -0.3 is 10.5 Å². The van der Waals surface area contributed by atoms with Gasteiger partial charge >= 0.3 is 0 Å². The molecular formula is C13H18N4OS. The molecule has 19 heavy (non-hydrogen) atoms. The number of morpholine rings is 1. The minimum Gasteiger partial charge on any atom is -0.383 e. The van der Waals surface area contributed by atoms with Gasteiger partial charge in [-0.05, 0) is 17.9 Å². The summed E-state index contributed by atoms with van der Waals surface area (Å²) in [6.07, 6.45) is 1.08. The maximum Gasteiger partial charge on any atom is 0.146 e. The number of aromatic nitrogens is 2. The van der Waals surface area contributed by atoms with Crippen LogP contribution >= 0.6 is 11.3 Å². The van der Waals surface area contributed by atoms with Gasteiger partial charge in [0.15, 0.2) is 0 Å². The molecule has 0 amide bonds. The fraction of sp³-hybridized carbons (Fsp3) is 0.538. The standard InChI is InChI=1S/C13H18N4OS/c1-2-9-8-18-5-4-17(9)7-11-15-12(14)10-3-6-19-13(10)16-11/h3,6,9H,2,4-5,7-8H2,1H3,(H2,14,15,16). The molecule has 0 aromatic carbocycles. The van der Waals surface area contributed by atoms with Crippen LogP contribution < -0.4 is 5.73 Å². The fourth-order valence-corrected chi connectivity index (χ4v) is 3.24. The lowest BCUT2D eigenvalue weighted by Crippen LogP contribution is -2.44. The lowest BCUT2D eigenvalue weighted by molar-refractivity contribution is -0.0137. The first-order valence-corrected chi connectivity index (χ1v) is 7.47. The lowest BCUT2D eigenvalue weighted by atomic mass is 10.2. The first kappa shape index (κ1) is 12.8. The van der Waals surface area contributed by atoms with E-state index in [9.17, 15) is 0 Å². The van der Waals surface area contributed by atoms with Gasteiger partial charge in [0, 0.05) is 12.6 Å². The molecule has 1 unspecified atom stereocenters. The molecule has 6 heteroatoms. The van der Waals surface area contributed by atoms with E-state index in [1.807, 2.05) is 11.4 Å². The van der Waals surface area contributed by atoms with Crippen LogP contribution in [0.25, 0.3) is 10.2 Å². The monoisotopic (exact) mass is 278 g/mol. The topological polar surface area (TPSA) is 64.3 Å². The number of fused-ring (bicyclic) bond motifs is 1. The predicted molar refractivity (Wildman–Crippen MR) is 77.1 cm³/mol. The minimum atomic E-state index is 0.456. The average Bonchev–Trinajstić information content (AvgIpc) is 2.88. The molecule has 0 saturated carbocycles. The molecule has 1 atom stereocenters. The Morgan fingerprint density at radius 3 is 3.26 bits per heavy atom. The van der Waals surface area contributed by atoms with Crippen molar-refractivity contribution in [3.05, 3.63) is 17.3 Å². The zero-order valence-electron chi connectivity index (χ0n) is 11.0. The van der Waals surface area contributed by atoms with E-state index < -0.39 is 0 Å². The quantitative estimate of drug-likeness (QED) is 0.928. The van der Waals surface area contributed by atoms with Gasteiger partial charge in [-0.3, -0.25) is 4.90 Å². The summed E-state index contributed by atoms with van der Waals surface area (Å²) in [5.74, 6) is 1.40. The second-order valence-corrected chi connectivity index (χ2v) is 5.67. The first-order valence-electron chi connectivity index (χ1n) is 6.59. The van der Waals surface area contributed by atoms with E-state index in [1.165, 1.54) is 0 Å². The van der Waals surface area contributed by atoms with Crippen molar-refractivity contribution in [3.8, 4) is 0 Å². The highest BCUT2D eigenvalue weighted by atomic mass is 32.1. The smallest absolute Gasteiger partial charge is 0.146 e. The number of thiophene rings is 1. The van der Waals surface area contributed by atoms with Crippen molar-refractivity contribution in [1.29, 1.82) is 0 Å². The molecule has 3 rings (SSSR count). The maximum absolute atomic E-state index is 5.99. The molecule has 0 aliphatic carbocycles. The highest BCUT2D eigenvalue weighted by molar-refractivity contribution is 7.16. The Hall–Kier alpha value is -1.24.